The molecule has 1 amide bonds. The molecule has 0 spiro atoms. The molecule has 1 aromatic rings. The Labute approximate surface area is 102 Å². The highest BCUT2D eigenvalue weighted by Crippen LogP contribution is 2.08. The van der Waals surface area contributed by atoms with Gasteiger partial charge in [0.1, 0.15) is 6.54 Å². The summed E-state index contributed by atoms with van der Waals surface area (Å²) in [5.74, 6) is -1.25. The molecule has 0 aromatic carbocycles. The van der Waals surface area contributed by atoms with E-state index in [1.165, 1.54) is 11.1 Å². The number of carbonyl (C=O) groups is 2. The van der Waals surface area contributed by atoms with Crippen molar-refractivity contribution in [3.05, 3.63) is 6.20 Å². The lowest BCUT2D eigenvalue weighted by atomic mass is 10.2. The summed E-state index contributed by atoms with van der Waals surface area (Å²) in [6.45, 7) is 0.424. The first-order valence-corrected chi connectivity index (χ1v) is 5.33. The molecule has 9 heteroatoms. The topological polar surface area (TPSA) is 124 Å². The number of ether oxygens (including phenoxy) is 1. The fourth-order valence-corrected chi connectivity index (χ4v) is 1.71. The van der Waals surface area contributed by atoms with E-state index in [4.69, 9.17) is 15.6 Å². The first-order chi connectivity index (χ1) is 8.58. The van der Waals surface area contributed by atoms with Crippen LogP contribution in [0.4, 0.5) is 5.82 Å². The summed E-state index contributed by atoms with van der Waals surface area (Å²) in [4.78, 5) is 25.3. The SMILES string of the molecule is Nc1cnn(CC(=O)N2CCOCC2C(=O)O)n1. The van der Waals surface area contributed by atoms with Gasteiger partial charge in [-0.2, -0.15) is 9.90 Å². The maximum atomic E-state index is 12.0. The van der Waals surface area contributed by atoms with Crippen LogP contribution in [-0.4, -0.2) is 62.7 Å². The first-order valence-electron chi connectivity index (χ1n) is 5.33. The van der Waals surface area contributed by atoms with Crippen molar-refractivity contribution in [1.29, 1.82) is 0 Å². The zero-order valence-electron chi connectivity index (χ0n) is 9.52. The molecule has 1 fully saturated rings. The molecule has 18 heavy (non-hydrogen) atoms. The third-order valence-electron chi connectivity index (χ3n) is 2.56. The van der Waals surface area contributed by atoms with Gasteiger partial charge in [-0.15, -0.1) is 5.10 Å². The number of morpholine rings is 1. The van der Waals surface area contributed by atoms with Gasteiger partial charge in [0, 0.05) is 6.54 Å². The lowest BCUT2D eigenvalue weighted by molar-refractivity contribution is -0.158. The molecule has 9 nitrogen and oxygen atoms in total. The monoisotopic (exact) mass is 255 g/mol. The Balaban J connectivity index is 2.04. The molecule has 2 rings (SSSR count). The number of amides is 1. The third kappa shape index (κ3) is 2.56. The Bertz CT molecular complexity index is 460. The van der Waals surface area contributed by atoms with E-state index >= 15 is 0 Å². The number of anilines is 1. The number of aromatic nitrogens is 3. The average molecular weight is 255 g/mol. The molecule has 1 unspecified atom stereocenters. The van der Waals surface area contributed by atoms with Gasteiger partial charge < -0.3 is 20.5 Å². The van der Waals surface area contributed by atoms with Crippen molar-refractivity contribution >= 4 is 17.7 Å². The second-order valence-corrected chi connectivity index (χ2v) is 3.82. The van der Waals surface area contributed by atoms with Crippen molar-refractivity contribution in [2.24, 2.45) is 0 Å². The van der Waals surface area contributed by atoms with Gasteiger partial charge in [0.05, 0.1) is 19.4 Å². The number of nitrogens with zero attached hydrogens (tertiary/aromatic N) is 4. The molecule has 1 aliphatic heterocycles. The Morgan fingerprint density at radius 3 is 3.00 bits per heavy atom. The van der Waals surface area contributed by atoms with Gasteiger partial charge in [0.25, 0.3) is 0 Å². The Morgan fingerprint density at radius 2 is 2.39 bits per heavy atom. The van der Waals surface area contributed by atoms with Crippen molar-refractivity contribution in [1.82, 2.24) is 19.9 Å². The highest BCUT2D eigenvalue weighted by molar-refractivity contribution is 5.83. The summed E-state index contributed by atoms with van der Waals surface area (Å²) in [5, 5.41) is 16.5. The summed E-state index contributed by atoms with van der Waals surface area (Å²) >= 11 is 0. The number of rotatable bonds is 3. The number of nitrogens with two attached hydrogens (primary N) is 1. The van der Waals surface area contributed by atoms with E-state index < -0.39 is 12.0 Å². The number of nitrogen functional groups attached to an aromatic ring is 1. The minimum atomic E-state index is -1.09. The van der Waals surface area contributed by atoms with Crippen molar-refractivity contribution in [3.63, 3.8) is 0 Å². The molecule has 0 bridgehead atoms. The predicted molar refractivity (Wildman–Crippen MR) is 58.4 cm³/mol. The quantitative estimate of drug-likeness (QED) is 0.651. The van der Waals surface area contributed by atoms with Crippen molar-refractivity contribution in [3.8, 4) is 0 Å². The van der Waals surface area contributed by atoms with E-state index in [1.807, 2.05) is 0 Å². The van der Waals surface area contributed by atoms with Crippen LogP contribution in [0.3, 0.4) is 0 Å². The molecule has 1 saturated heterocycles. The second kappa shape index (κ2) is 5.00. The zero-order valence-corrected chi connectivity index (χ0v) is 9.52. The number of carboxylic acid groups (broad SMARTS) is 1. The van der Waals surface area contributed by atoms with Crippen LogP contribution in [0.1, 0.15) is 0 Å². The van der Waals surface area contributed by atoms with E-state index in [0.717, 1.165) is 4.80 Å². The molecular weight excluding hydrogens is 242 g/mol. The number of carboxylic acids is 1. The fourth-order valence-electron chi connectivity index (χ4n) is 1.71. The highest BCUT2D eigenvalue weighted by Gasteiger charge is 2.32. The van der Waals surface area contributed by atoms with Crippen molar-refractivity contribution in [2.75, 3.05) is 25.5 Å². The molecule has 1 atom stereocenters. The van der Waals surface area contributed by atoms with E-state index in [0.29, 0.717) is 6.61 Å². The third-order valence-corrected chi connectivity index (χ3v) is 2.56. The smallest absolute Gasteiger partial charge is 0.328 e. The summed E-state index contributed by atoms with van der Waals surface area (Å²) < 4.78 is 5.05. The molecule has 0 radical (unpaired) electrons. The van der Waals surface area contributed by atoms with E-state index in [2.05, 4.69) is 10.2 Å². The summed E-state index contributed by atoms with van der Waals surface area (Å²) in [7, 11) is 0. The largest absolute Gasteiger partial charge is 0.480 e. The zero-order chi connectivity index (χ0) is 13.1. The number of carbonyl (C=O) groups excluding carboxylic acids is 1. The van der Waals surface area contributed by atoms with Gasteiger partial charge >= 0.3 is 5.97 Å². The molecule has 2 heterocycles. The molecule has 3 N–H and O–H groups in total. The summed E-state index contributed by atoms with van der Waals surface area (Å²) in [5.41, 5.74) is 5.37. The normalized spacial score (nSPS) is 19.8. The first kappa shape index (κ1) is 12.3. The highest BCUT2D eigenvalue weighted by atomic mass is 16.5. The van der Waals surface area contributed by atoms with Gasteiger partial charge in [0.2, 0.25) is 5.91 Å². The molecule has 0 aliphatic carbocycles. The van der Waals surface area contributed by atoms with Crippen LogP contribution < -0.4 is 5.73 Å². The van der Waals surface area contributed by atoms with Crippen molar-refractivity contribution in [2.45, 2.75) is 12.6 Å². The number of hydrogen-bond donors (Lipinski definition) is 2. The molecule has 0 saturated carbocycles. The van der Waals surface area contributed by atoms with E-state index in [9.17, 15) is 9.59 Å². The predicted octanol–water partition coefficient (Wildman–Crippen LogP) is -1.83. The number of hydrogen-bond acceptors (Lipinski definition) is 6. The second-order valence-electron chi connectivity index (χ2n) is 3.82. The van der Waals surface area contributed by atoms with Crippen LogP contribution in [0.25, 0.3) is 0 Å². The Kier molecular flexibility index (Phi) is 3.42. The van der Waals surface area contributed by atoms with Gasteiger partial charge in [-0.25, -0.2) is 4.79 Å². The van der Waals surface area contributed by atoms with Gasteiger partial charge in [-0.3, -0.25) is 4.79 Å². The molecular formula is C9H13N5O4. The number of aliphatic carboxylic acids is 1. The van der Waals surface area contributed by atoms with Crippen molar-refractivity contribution < 1.29 is 19.4 Å². The fraction of sp³-hybridized carbons (Fsp3) is 0.556. The van der Waals surface area contributed by atoms with Crippen LogP contribution in [0, 0.1) is 0 Å². The van der Waals surface area contributed by atoms with Crippen LogP contribution >= 0.6 is 0 Å². The average Bonchev–Trinajstić information content (AvgIpc) is 2.74. The minimum Gasteiger partial charge on any atom is -0.480 e. The van der Waals surface area contributed by atoms with Gasteiger partial charge in [-0.1, -0.05) is 0 Å². The van der Waals surface area contributed by atoms with Crippen LogP contribution in [0.15, 0.2) is 6.20 Å². The standard InChI is InChI=1S/C9H13N5O4/c10-7-3-11-14(12-7)4-8(15)13-1-2-18-5-6(13)9(16)17/h3,6H,1-2,4-5H2,(H2,10,12)(H,16,17). The minimum absolute atomic E-state index is 0.00422. The summed E-state index contributed by atoms with van der Waals surface area (Å²) in [6, 6.07) is -0.959. The van der Waals surface area contributed by atoms with Crippen LogP contribution in [0.2, 0.25) is 0 Å². The lowest BCUT2D eigenvalue weighted by Crippen LogP contribution is -2.53. The van der Waals surface area contributed by atoms with E-state index in [-0.39, 0.29) is 31.4 Å². The van der Waals surface area contributed by atoms with E-state index in [1.54, 1.807) is 0 Å². The van der Waals surface area contributed by atoms with Gasteiger partial charge in [-0.05, 0) is 0 Å². The maximum absolute atomic E-state index is 12.0. The van der Waals surface area contributed by atoms with Crippen LogP contribution in [-0.2, 0) is 20.9 Å². The Hall–Kier alpha value is -2.16. The molecule has 98 valence electrons. The van der Waals surface area contributed by atoms with Gasteiger partial charge in [0.15, 0.2) is 11.9 Å². The molecule has 1 aliphatic rings. The summed E-state index contributed by atoms with van der Waals surface area (Å²) in [6.07, 6.45) is 1.32. The molecule has 1 aromatic heterocycles. The maximum Gasteiger partial charge on any atom is 0.328 e. The lowest BCUT2D eigenvalue weighted by Gasteiger charge is -2.32. The Morgan fingerprint density at radius 1 is 1.61 bits per heavy atom. The van der Waals surface area contributed by atoms with Crippen LogP contribution in [0.5, 0.6) is 0 Å².